The van der Waals surface area contributed by atoms with Crippen LogP contribution in [-0.2, 0) is 14.3 Å². The number of fused-ring (bicyclic) bond motifs is 3. The minimum Gasteiger partial charge on any atom is -0.492 e. The summed E-state index contributed by atoms with van der Waals surface area (Å²) >= 11 is 0. The van der Waals surface area contributed by atoms with Gasteiger partial charge in [0.1, 0.15) is 18.0 Å². The molecule has 1 saturated carbocycles. The molecule has 2 atom stereocenters. The summed E-state index contributed by atoms with van der Waals surface area (Å²) in [5, 5.41) is 0. The number of benzene rings is 1. The predicted molar refractivity (Wildman–Crippen MR) is 108 cm³/mol. The van der Waals surface area contributed by atoms with Gasteiger partial charge in [-0.15, -0.1) is 0 Å². The maximum atomic E-state index is 12.9. The number of carbonyl (C=O) groups excluding carboxylic acids is 1. The Hall–Kier alpha value is -1.69. The zero-order valence-electron chi connectivity index (χ0n) is 17.2. The van der Waals surface area contributed by atoms with Crippen LogP contribution in [-0.4, -0.2) is 61.3 Å². The van der Waals surface area contributed by atoms with Crippen LogP contribution >= 0.6 is 0 Å². The van der Waals surface area contributed by atoms with Gasteiger partial charge in [-0.05, 0) is 57.4 Å². The summed E-state index contributed by atoms with van der Waals surface area (Å²) < 4.78 is 17.4. The summed E-state index contributed by atoms with van der Waals surface area (Å²) in [6.45, 7) is 11.3. The fraction of sp³-hybridized carbons (Fsp3) is 0.609. The second kappa shape index (κ2) is 7.62. The Bertz CT molecular complexity index is 748. The lowest BCUT2D eigenvalue weighted by Crippen LogP contribution is -2.60. The van der Waals surface area contributed by atoms with E-state index < -0.39 is 5.60 Å². The normalized spacial score (nSPS) is 31.3. The summed E-state index contributed by atoms with van der Waals surface area (Å²) in [4.78, 5) is 15.3. The number of ketones is 1. The molecule has 2 unspecified atom stereocenters. The first-order valence-electron chi connectivity index (χ1n) is 10.4. The van der Waals surface area contributed by atoms with Gasteiger partial charge >= 0.3 is 0 Å². The van der Waals surface area contributed by atoms with Crippen molar-refractivity contribution >= 4 is 11.9 Å². The van der Waals surface area contributed by atoms with E-state index in [9.17, 15) is 4.79 Å². The molecule has 2 bridgehead atoms. The number of hydrogen-bond donors (Lipinski definition) is 0. The van der Waals surface area contributed by atoms with E-state index in [4.69, 9.17) is 14.2 Å². The summed E-state index contributed by atoms with van der Waals surface area (Å²) in [6, 6.07) is 8.03. The lowest BCUT2D eigenvalue weighted by molar-refractivity contribution is -0.206. The minimum absolute atomic E-state index is 0.147. The largest absolute Gasteiger partial charge is 0.492 e. The molecule has 0 aromatic heterocycles. The molecule has 1 aliphatic carbocycles. The number of rotatable bonds is 5. The van der Waals surface area contributed by atoms with Crippen molar-refractivity contribution in [2.24, 2.45) is 5.92 Å². The van der Waals surface area contributed by atoms with Gasteiger partial charge in [0.25, 0.3) is 0 Å². The Morgan fingerprint density at radius 1 is 1.18 bits per heavy atom. The van der Waals surface area contributed by atoms with Crippen LogP contribution in [0.3, 0.4) is 0 Å². The SMILES string of the molecule is CC12CCC(/C(=C\c3ccc(OCCN4CCOCC4)cc3)C1=O)C(C)(C)O2. The van der Waals surface area contributed by atoms with E-state index in [1.165, 1.54) is 0 Å². The average molecular weight is 386 g/mol. The highest BCUT2D eigenvalue weighted by molar-refractivity contribution is 6.07. The summed E-state index contributed by atoms with van der Waals surface area (Å²) in [7, 11) is 0. The van der Waals surface area contributed by atoms with Crippen molar-refractivity contribution in [3.05, 3.63) is 35.4 Å². The number of nitrogens with zero attached hydrogens (tertiary/aromatic N) is 1. The molecule has 28 heavy (non-hydrogen) atoms. The Labute approximate surface area is 167 Å². The van der Waals surface area contributed by atoms with E-state index in [0.717, 1.165) is 62.6 Å². The lowest BCUT2D eigenvalue weighted by atomic mass is 9.65. The molecule has 3 aliphatic heterocycles. The molecular weight excluding hydrogens is 354 g/mol. The molecule has 152 valence electrons. The molecular formula is C23H31NO4. The van der Waals surface area contributed by atoms with E-state index >= 15 is 0 Å². The molecule has 5 rings (SSSR count). The maximum absolute atomic E-state index is 12.9. The van der Waals surface area contributed by atoms with Crippen LogP contribution in [0.4, 0.5) is 0 Å². The van der Waals surface area contributed by atoms with Crippen LogP contribution in [0.25, 0.3) is 6.08 Å². The highest BCUT2D eigenvalue weighted by Crippen LogP contribution is 2.50. The molecule has 1 aromatic rings. The first-order valence-corrected chi connectivity index (χ1v) is 10.4. The molecule has 4 aliphatic rings. The summed E-state index contributed by atoms with van der Waals surface area (Å²) in [5.74, 6) is 1.17. The highest BCUT2D eigenvalue weighted by atomic mass is 16.5. The van der Waals surface area contributed by atoms with Gasteiger partial charge in [-0.1, -0.05) is 12.1 Å². The Morgan fingerprint density at radius 2 is 1.89 bits per heavy atom. The molecule has 0 amide bonds. The summed E-state index contributed by atoms with van der Waals surface area (Å²) in [6.07, 6.45) is 3.86. The average Bonchev–Trinajstić information content (AvgIpc) is 2.66. The fourth-order valence-corrected chi connectivity index (χ4v) is 4.75. The van der Waals surface area contributed by atoms with E-state index in [0.29, 0.717) is 6.61 Å². The zero-order chi connectivity index (χ0) is 19.8. The standard InChI is InChI=1S/C23H31NO4/c1-22(2)20-8-9-23(3,28-22)21(25)19(20)16-17-4-6-18(7-5-17)27-15-12-24-10-13-26-14-11-24/h4-7,16,20H,8-15H2,1-3H3/b19-16+. The Balaban J connectivity index is 1.40. The second-order valence-corrected chi connectivity index (χ2v) is 8.83. The highest BCUT2D eigenvalue weighted by Gasteiger charge is 2.56. The first kappa shape index (κ1) is 19.6. The van der Waals surface area contributed by atoms with Gasteiger partial charge in [-0.25, -0.2) is 0 Å². The number of morpholine rings is 1. The monoisotopic (exact) mass is 385 g/mol. The van der Waals surface area contributed by atoms with Crippen LogP contribution in [0, 0.1) is 5.92 Å². The molecule has 0 spiro atoms. The Kier molecular flexibility index (Phi) is 5.34. The zero-order valence-corrected chi connectivity index (χ0v) is 17.2. The number of carbonyl (C=O) groups is 1. The van der Waals surface area contributed by atoms with Gasteiger partial charge in [0, 0.05) is 31.1 Å². The van der Waals surface area contributed by atoms with Gasteiger partial charge in [-0.3, -0.25) is 9.69 Å². The molecule has 5 nitrogen and oxygen atoms in total. The number of hydrogen-bond acceptors (Lipinski definition) is 5. The molecule has 5 heteroatoms. The van der Waals surface area contributed by atoms with Crippen LogP contribution in [0.5, 0.6) is 5.75 Å². The van der Waals surface area contributed by atoms with Crippen LogP contribution in [0.15, 0.2) is 29.8 Å². The topological polar surface area (TPSA) is 48.0 Å². The van der Waals surface area contributed by atoms with Crippen molar-refractivity contribution < 1.29 is 19.0 Å². The minimum atomic E-state index is -0.674. The Morgan fingerprint density at radius 3 is 2.57 bits per heavy atom. The van der Waals surface area contributed by atoms with Gasteiger partial charge < -0.3 is 14.2 Å². The van der Waals surface area contributed by atoms with Crippen LogP contribution < -0.4 is 4.74 Å². The van der Waals surface area contributed by atoms with Gasteiger partial charge in [0.15, 0.2) is 5.78 Å². The molecule has 0 radical (unpaired) electrons. The molecule has 4 fully saturated rings. The van der Waals surface area contributed by atoms with Crippen LogP contribution in [0.2, 0.25) is 0 Å². The maximum Gasteiger partial charge on any atom is 0.190 e. The molecule has 0 N–H and O–H groups in total. The van der Waals surface area contributed by atoms with E-state index in [2.05, 4.69) is 18.7 Å². The van der Waals surface area contributed by atoms with Crippen molar-refractivity contribution in [1.82, 2.24) is 4.90 Å². The van der Waals surface area contributed by atoms with E-state index in [1.54, 1.807) is 0 Å². The lowest BCUT2D eigenvalue weighted by Gasteiger charge is -2.53. The third-order valence-corrected chi connectivity index (χ3v) is 6.34. The number of ether oxygens (including phenoxy) is 3. The quantitative estimate of drug-likeness (QED) is 0.728. The van der Waals surface area contributed by atoms with Crippen molar-refractivity contribution in [2.45, 2.75) is 44.8 Å². The van der Waals surface area contributed by atoms with Crippen molar-refractivity contribution in [2.75, 3.05) is 39.5 Å². The van der Waals surface area contributed by atoms with Crippen molar-refractivity contribution in [3.63, 3.8) is 0 Å². The fourth-order valence-electron chi connectivity index (χ4n) is 4.75. The van der Waals surface area contributed by atoms with Crippen LogP contribution in [0.1, 0.15) is 39.2 Å². The second-order valence-electron chi connectivity index (χ2n) is 8.83. The predicted octanol–water partition coefficient (Wildman–Crippen LogP) is 3.33. The van der Waals surface area contributed by atoms with Crippen molar-refractivity contribution in [3.8, 4) is 5.75 Å². The molecule has 1 aromatic carbocycles. The van der Waals surface area contributed by atoms with Gasteiger partial charge in [0.05, 0.1) is 18.8 Å². The smallest absolute Gasteiger partial charge is 0.190 e. The molecule has 3 saturated heterocycles. The first-order chi connectivity index (χ1) is 13.4. The molecule has 3 heterocycles. The van der Waals surface area contributed by atoms with E-state index in [1.807, 2.05) is 37.3 Å². The van der Waals surface area contributed by atoms with Gasteiger partial charge in [-0.2, -0.15) is 0 Å². The number of Topliss-reactive ketones (excluding diaryl/α,β-unsaturated/α-hetero) is 1. The summed E-state index contributed by atoms with van der Waals surface area (Å²) in [5.41, 5.74) is 0.976. The van der Waals surface area contributed by atoms with E-state index in [-0.39, 0.29) is 17.3 Å². The van der Waals surface area contributed by atoms with Crippen molar-refractivity contribution in [1.29, 1.82) is 0 Å². The third kappa shape index (κ3) is 3.88. The third-order valence-electron chi connectivity index (χ3n) is 6.34. The van der Waals surface area contributed by atoms with Gasteiger partial charge in [0.2, 0.25) is 0 Å².